The van der Waals surface area contributed by atoms with E-state index in [9.17, 15) is 14.4 Å². The molecule has 0 aromatic heterocycles. The van der Waals surface area contributed by atoms with E-state index >= 15 is 0 Å². The van der Waals surface area contributed by atoms with E-state index in [1.54, 1.807) is 12.1 Å². The van der Waals surface area contributed by atoms with Gasteiger partial charge in [-0.2, -0.15) is 0 Å². The van der Waals surface area contributed by atoms with Crippen molar-refractivity contribution in [3.63, 3.8) is 0 Å². The summed E-state index contributed by atoms with van der Waals surface area (Å²) in [5, 5.41) is 11.4. The molecule has 0 saturated heterocycles. The lowest BCUT2D eigenvalue weighted by atomic mass is 10.1. The monoisotopic (exact) mass is 269 g/mol. The van der Waals surface area contributed by atoms with Crippen LogP contribution in [0.5, 0.6) is 0 Å². The zero-order chi connectivity index (χ0) is 13.7. The fraction of sp³-hybridized carbons (Fsp3) is 0.250. The number of ketones is 2. The number of hydrogen-bond donors (Lipinski definition) is 2. The summed E-state index contributed by atoms with van der Waals surface area (Å²) in [5.74, 6) is -2.48. The van der Waals surface area contributed by atoms with Crippen LogP contribution in [0.4, 0.5) is 0 Å². The molecule has 0 aliphatic heterocycles. The first kappa shape index (κ1) is 14.3. The molecule has 0 radical (unpaired) electrons. The van der Waals surface area contributed by atoms with E-state index in [0.29, 0.717) is 5.02 Å². The summed E-state index contributed by atoms with van der Waals surface area (Å²) in [6.45, 7) is 1.07. The van der Waals surface area contributed by atoms with E-state index in [2.05, 4.69) is 5.32 Å². The number of Topliss-reactive ketones (excluding diaryl/α,β-unsaturated/α-hetero) is 2. The Morgan fingerprint density at radius 3 is 2.61 bits per heavy atom. The lowest BCUT2D eigenvalue weighted by molar-refractivity contribution is -0.139. The summed E-state index contributed by atoms with van der Waals surface area (Å²) in [6.07, 6.45) is 0. The summed E-state index contributed by atoms with van der Waals surface area (Å²) in [5.41, 5.74) is 0.192. The molecular weight excluding hydrogens is 258 g/mol. The van der Waals surface area contributed by atoms with E-state index in [1.807, 2.05) is 0 Å². The number of hydrogen-bond acceptors (Lipinski definition) is 4. The third-order valence-corrected chi connectivity index (χ3v) is 2.51. The van der Waals surface area contributed by atoms with Crippen LogP contribution in [0.3, 0.4) is 0 Å². The highest BCUT2D eigenvalue weighted by molar-refractivity contribution is 6.44. The van der Waals surface area contributed by atoms with Gasteiger partial charge in [0.2, 0.25) is 11.6 Å². The molecule has 0 amide bonds. The van der Waals surface area contributed by atoms with Crippen molar-refractivity contribution >= 4 is 29.1 Å². The van der Waals surface area contributed by atoms with Crippen molar-refractivity contribution in [2.45, 2.75) is 13.0 Å². The molecule has 0 aliphatic carbocycles. The van der Waals surface area contributed by atoms with Crippen LogP contribution < -0.4 is 5.32 Å². The summed E-state index contributed by atoms with van der Waals surface area (Å²) < 4.78 is 0. The smallest absolute Gasteiger partial charge is 0.320 e. The number of carboxylic acids is 1. The van der Waals surface area contributed by atoms with Crippen LogP contribution >= 0.6 is 11.6 Å². The Morgan fingerprint density at radius 1 is 1.39 bits per heavy atom. The molecule has 0 heterocycles. The summed E-state index contributed by atoms with van der Waals surface area (Å²) in [6, 6.07) is 5.14. The number of aliphatic carboxylic acids is 1. The Balaban J connectivity index is 2.62. The summed E-state index contributed by atoms with van der Waals surface area (Å²) in [4.78, 5) is 33.7. The maximum Gasteiger partial charge on any atom is 0.320 e. The van der Waals surface area contributed by atoms with Crippen molar-refractivity contribution in [1.82, 2.24) is 5.32 Å². The zero-order valence-corrected chi connectivity index (χ0v) is 10.4. The molecule has 0 spiro atoms. The van der Waals surface area contributed by atoms with Crippen LogP contribution in [0.1, 0.15) is 17.3 Å². The number of rotatable bonds is 6. The first-order valence-electron chi connectivity index (χ1n) is 5.21. The number of halogens is 1. The van der Waals surface area contributed by atoms with Gasteiger partial charge in [0.1, 0.15) is 6.04 Å². The average molecular weight is 270 g/mol. The largest absolute Gasteiger partial charge is 0.480 e. The number of carboxylic acid groups (broad SMARTS) is 1. The van der Waals surface area contributed by atoms with Crippen LogP contribution in [0.2, 0.25) is 5.02 Å². The van der Waals surface area contributed by atoms with Crippen LogP contribution in [0.15, 0.2) is 24.3 Å². The van der Waals surface area contributed by atoms with Gasteiger partial charge in [0, 0.05) is 10.6 Å². The predicted octanol–water partition coefficient (Wildman–Crippen LogP) is 1.15. The molecule has 1 aromatic rings. The van der Waals surface area contributed by atoms with Crippen LogP contribution in [0, 0.1) is 0 Å². The second kappa shape index (κ2) is 6.28. The molecule has 0 aliphatic rings. The quantitative estimate of drug-likeness (QED) is 0.598. The highest BCUT2D eigenvalue weighted by Gasteiger charge is 2.18. The SMILES string of the molecule is C[C@H](NCC(=O)C(=O)c1cccc(Cl)c1)C(=O)O. The molecule has 1 aromatic carbocycles. The lowest BCUT2D eigenvalue weighted by Gasteiger charge is -2.07. The van der Waals surface area contributed by atoms with Crippen molar-refractivity contribution in [2.75, 3.05) is 6.54 Å². The zero-order valence-electron chi connectivity index (χ0n) is 9.64. The Hall–Kier alpha value is -1.72. The van der Waals surface area contributed by atoms with E-state index in [4.69, 9.17) is 16.7 Å². The van der Waals surface area contributed by atoms with Gasteiger partial charge < -0.3 is 5.11 Å². The third kappa shape index (κ3) is 3.94. The highest BCUT2D eigenvalue weighted by Crippen LogP contribution is 2.11. The van der Waals surface area contributed by atoms with Crippen LogP contribution in [-0.4, -0.2) is 35.2 Å². The van der Waals surface area contributed by atoms with Crippen molar-refractivity contribution in [3.05, 3.63) is 34.9 Å². The third-order valence-electron chi connectivity index (χ3n) is 2.28. The summed E-state index contributed by atoms with van der Waals surface area (Å²) >= 11 is 5.71. The molecular formula is C12H12ClNO4. The lowest BCUT2D eigenvalue weighted by Crippen LogP contribution is -2.39. The Morgan fingerprint density at radius 2 is 2.06 bits per heavy atom. The minimum Gasteiger partial charge on any atom is -0.480 e. The molecule has 0 unspecified atom stereocenters. The fourth-order valence-electron chi connectivity index (χ4n) is 1.20. The molecule has 1 rings (SSSR count). The Bertz CT molecular complexity index is 487. The summed E-state index contributed by atoms with van der Waals surface area (Å²) in [7, 11) is 0. The average Bonchev–Trinajstić information content (AvgIpc) is 2.34. The second-order valence-electron chi connectivity index (χ2n) is 3.70. The first-order chi connectivity index (χ1) is 8.41. The maximum atomic E-state index is 11.7. The van der Waals surface area contributed by atoms with Gasteiger partial charge >= 0.3 is 5.97 Å². The minimum atomic E-state index is -1.09. The Labute approximate surface area is 109 Å². The van der Waals surface area contributed by atoms with Gasteiger partial charge in [-0.05, 0) is 19.1 Å². The van der Waals surface area contributed by atoms with Gasteiger partial charge in [0.25, 0.3) is 0 Å². The van der Waals surface area contributed by atoms with Gasteiger partial charge in [-0.3, -0.25) is 19.7 Å². The predicted molar refractivity (Wildman–Crippen MR) is 65.9 cm³/mol. The molecule has 1 atom stereocenters. The standard InChI is InChI=1S/C12H12ClNO4/c1-7(12(17)18)14-6-10(15)11(16)8-3-2-4-9(13)5-8/h2-5,7,14H,6H2,1H3,(H,17,18)/t7-/m0/s1. The van der Waals surface area contributed by atoms with Crippen molar-refractivity contribution in [2.24, 2.45) is 0 Å². The Kier molecular flexibility index (Phi) is 5.00. The second-order valence-corrected chi connectivity index (χ2v) is 4.14. The molecule has 0 bridgehead atoms. The number of nitrogens with one attached hydrogen (secondary N) is 1. The van der Waals surface area contributed by atoms with Crippen LogP contribution in [0.25, 0.3) is 0 Å². The molecule has 18 heavy (non-hydrogen) atoms. The highest BCUT2D eigenvalue weighted by atomic mass is 35.5. The number of carbonyl (C=O) groups excluding carboxylic acids is 2. The normalized spacial score (nSPS) is 11.9. The number of carbonyl (C=O) groups is 3. The van der Waals surface area contributed by atoms with Gasteiger partial charge in [0.05, 0.1) is 6.54 Å². The van der Waals surface area contributed by atoms with E-state index in [0.717, 1.165) is 0 Å². The molecule has 6 heteroatoms. The van der Waals surface area contributed by atoms with E-state index in [1.165, 1.54) is 19.1 Å². The fourth-order valence-corrected chi connectivity index (χ4v) is 1.39. The van der Waals surface area contributed by atoms with Crippen molar-refractivity contribution in [1.29, 1.82) is 0 Å². The molecule has 2 N–H and O–H groups in total. The van der Waals surface area contributed by atoms with Crippen molar-refractivity contribution < 1.29 is 19.5 Å². The number of benzene rings is 1. The molecule has 0 saturated carbocycles. The van der Waals surface area contributed by atoms with Gasteiger partial charge in [0.15, 0.2) is 0 Å². The topological polar surface area (TPSA) is 83.5 Å². The van der Waals surface area contributed by atoms with Gasteiger partial charge in [-0.25, -0.2) is 0 Å². The van der Waals surface area contributed by atoms with E-state index < -0.39 is 23.6 Å². The van der Waals surface area contributed by atoms with Crippen molar-refractivity contribution in [3.8, 4) is 0 Å². The maximum absolute atomic E-state index is 11.7. The van der Waals surface area contributed by atoms with Crippen LogP contribution in [-0.2, 0) is 9.59 Å². The van der Waals surface area contributed by atoms with Gasteiger partial charge in [-0.1, -0.05) is 23.7 Å². The van der Waals surface area contributed by atoms with E-state index in [-0.39, 0.29) is 12.1 Å². The molecule has 0 fully saturated rings. The molecule has 5 nitrogen and oxygen atoms in total. The van der Waals surface area contributed by atoms with Gasteiger partial charge in [-0.15, -0.1) is 0 Å². The minimum absolute atomic E-state index is 0.192. The molecule has 96 valence electrons. The first-order valence-corrected chi connectivity index (χ1v) is 5.59.